The lowest BCUT2D eigenvalue weighted by molar-refractivity contribution is -0.137. The molecule has 1 aliphatic rings. The second-order valence-electron chi connectivity index (χ2n) is 6.65. The van der Waals surface area contributed by atoms with E-state index in [0.29, 0.717) is 10.7 Å². The highest BCUT2D eigenvalue weighted by Crippen LogP contribution is 2.42. The second-order valence-corrected chi connectivity index (χ2v) is 8.53. The van der Waals surface area contributed by atoms with Crippen molar-refractivity contribution in [2.24, 2.45) is 0 Å². The zero-order valence-corrected chi connectivity index (χ0v) is 16.3. The fraction of sp³-hybridized carbons (Fsp3) is 0.200. The van der Waals surface area contributed by atoms with Crippen LogP contribution in [0.4, 0.5) is 13.2 Å². The largest absolute Gasteiger partial charge is 0.416 e. The fourth-order valence-corrected chi connectivity index (χ4v) is 4.29. The maximum Gasteiger partial charge on any atom is 0.416 e. The minimum absolute atomic E-state index is 0.0867. The summed E-state index contributed by atoms with van der Waals surface area (Å²) >= 11 is 5.83. The molecule has 150 valence electrons. The number of carbonyl (C=O) groups is 1. The molecule has 1 aromatic heterocycles. The van der Waals surface area contributed by atoms with Crippen LogP contribution in [0.1, 0.15) is 45.9 Å². The summed E-state index contributed by atoms with van der Waals surface area (Å²) in [5.74, 6) is -0.466. The lowest BCUT2D eigenvalue weighted by atomic mass is 10.0. The van der Waals surface area contributed by atoms with Crippen LogP contribution in [0.2, 0.25) is 5.02 Å². The highest BCUT2D eigenvalue weighted by atomic mass is 35.5. The zero-order chi connectivity index (χ0) is 20.8. The SMILES string of the molecule is O=C(c1ccc(C(F)(F)F)cc1S(=O)c1ccc(Cl)cc1)c1conc1C1CC1. The molecule has 0 radical (unpaired) electrons. The lowest BCUT2D eigenvalue weighted by Crippen LogP contribution is -2.12. The Balaban J connectivity index is 1.82. The summed E-state index contributed by atoms with van der Waals surface area (Å²) in [6.07, 6.45) is -1.73. The smallest absolute Gasteiger partial charge is 0.364 e. The van der Waals surface area contributed by atoms with Gasteiger partial charge in [-0.15, -0.1) is 0 Å². The minimum atomic E-state index is -4.64. The minimum Gasteiger partial charge on any atom is -0.364 e. The monoisotopic (exact) mass is 439 g/mol. The van der Waals surface area contributed by atoms with Crippen LogP contribution in [0.15, 0.2) is 63.0 Å². The molecule has 0 amide bonds. The van der Waals surface area contributed by atoms with E-state index in [2.05, 4.69) is 5.16 Å². The first-order chi connectivity index (χ1) is 13.8. The van der Waals surface area contributed by atoms with Crippen molar-refractivity contribution in [1.29, 1.82) is 0 Å². The quantitative estimate of drug-likeness (QED) is 0.484. The molecular formula is C20H13ClF3NO3S. The van der Waals surface area contributed by atoms with Crippen molar-refractivity contribution in [3.05, 3.63) is 76.1 Å². The predicted octanol–water partition coefficient (Wildman–Crippen LogP) is 5.62. The number of benzene rings is 2. The van der Waals surface area contributed by atoms with Crippen LogP contribution in [-0.2, 0) is 17.0 Å². The Hall–Kier alpha value is -2.45. The third-order valence-electron chi connectivity index (χ3n) is 4.59. The molecule has 4 nitrogen and oxygen atoms in total. The molecule has 4 rings (SSSR count). The lowest BCUT2D eigenvalue weighted by Gasteiger charge is -2.13. The fourth-order valence-electron chi connectivity index (χ4n) is 2.94. The van der Waals surface area contributed by atoms with E-state index < -0.39 is 28.3 Å². The zero-order valence-electron chi connectivity index (χ0n) is 14.7. The van der Waals surface area contributed by atoms with Crippen molar-refractivity contribution in [3.8, 4) is 0 Å². The third-order valence-corrected chi connectivity index (χ3v) is 6.28. The summed E-state index contributed by atoms with van der Waals surface area (Å²) in [6, 6.07) is 8.47. The standard InChI is InChI=1S/C20H13ClF3NO3S/c21-13-4-6-14(7-5-13)29(27)17-9-12(20(22,23)24)3-8-15(17)19(26)16-10-28-25-18(16)11-1-2-11/h3-11H,1-2H2. The molecular weight excluding hydrogens is 427 g/mol. The molecule has 1 saturated carbocycles. The maximum absolute atomic E-state index is 13.2. The van der Waals surface area contributed by atoms with Gasteiger partial charge in [0, 0.05) is 21.4 Å². The van der Waals surface area contributed by atoms with Crippen molar-refractivity contribution in [2.45, 2.75) is 34.7 Å². The second kappa shape index (κ2) is 7.42. The summed E-state index contributed by atoms with van der Waals surface area (Å²) in [6.45, 7) is 0. The molecule has 0 aliphatic heterocycles. The number of rotatable bonds is 5. The van der Waals surface area contributed by atoms with E-state index in [1.165, 1.54) is 30.5 Å². The molecule has 1 aliphatic carbocycles. The van der Waals surface area contributed by atoms with Crippen LogP contribution < -0.4 is 0 Å². The molecule has 1 atom stereocenters. The van der Waals surface area contributed by atoms with Gasteiger partial charge >= 0.3 is 6.18 Å². The molecule has 0 N–H and O–H groups in total. The van der Waals surface area contributed by atoms with Gasteiger partial charge in [-0.25, -0.2) is 4.21 Å². The summed E-state index contributed by atoms with van der Waals surface area (Å²) < 4.78 is 57.7. The average molecular weight is 440 g/mol. The van der Waals surface area contributed by atoms with Gasteiger partial charge in [-0.05, 0) is 55.3 Å². The Kier molecular flexibility index (Phi) is 5.08. The number of hydrogen-bond acceptors (Lipinski definition) is 4. The van der Waals surface area contributed by atoms with Gasteiger partial charge in [-0.1, -0.05) is 16.8 Å². The van der Waals surface area contributed by atoms with Crippen LogP contribution in [0.25, 0.3) is 0 Å². The number of carbonyl (C=O) groups excluding carboxylic acids is 1. The van der Waals surface area contributed by atoms with Gasteiger partial charge < -0.3 is 4.52 Å². The first kappa shape index (κ1) is 19.8. The Labute approximate surface area is 171 Å². The molecule has 29 heavy (non-hydrogen) atoms. The van der Waals surface area contributed by atoms with E-state index in [1.54, 1.807) is 0 Å². The van der Waals surface area contributed by atoms with Crippen LogP contribution in [-0.4, -0.2) is 15.1 Å². The van der Waals surface area contributed by atoms with Crippen molar-refractivity contribution < 1.29 is 26.7 Å². The van der Waals surface area contributed by atoms with E-state index in [9.17, 15) is 22.2 Å². The van der Waals surface area contributed by atoms with Crippen molar-refractivity contribution in [3.63, 3.8) is 0 Å². The van der Waals surface area contributed by atoms with E-state index in [-0.39, 0.29) is 26.8 Å². The maximum atomic E-state index is 13.2. The van der Waals surface area contributed by atoms with Gasteiger partial charge in [0.15, 0.2) is 5.78 Å². The van der Waals surface area contributed by atoms with Gasteiger partial charge in [0.05, 0.1) is 32.5 Å². The van der Waals surface area contributed by atoms with Crippen LogP contribution in [0, 0.1) is 0 Å². The molecule has 3 aromatic rings. The Morgan fingerprint density at radius 1 is 1.10 bits per heavy atom. The Morgan fingerprint density at radius 2 is 1.79 bits per heavy atom. The van der Waals surface area contributed by atoms with Gasteiger partial charge in [-0.3, -0.25) is 4.79 Å². The molecule has 1 fully saturated rings. The van der Waals surface area contributed by atoms with E-state index in [0.717, 1.165) is 31.0 Å². The number of hydrogen-bond donors (Lipinski definition) is 0. The number of nitrogens with zero attached hydrogens (tertiary/aromatic N) is 1. The number of alkyl halides is 3. The molecule has 1 heterocycles. The third kappa shape index (κ3) is 4.00. The van der Waals surface area contributed by atoms with Gasteiger partial charge in [0.2, 0.25) is 0 Å². The predicted molar refractivity (Wildman–Crippen MR) is 99.5 cm³/mol. The summed E-state index contributed by atoms with van der Waals surface area (Å²) in [5, 5.41) is 4.25. The molecule has 9 heteroatoms. The summed E-state index contributed by atoms with van der Waals surface area (Å²) in [7, 11) is -2.03. The summed E-state index contributed by atoms with van der Waals surface area (Å²) in [5.41, 5.74) is -0.407. The molecule has 1 unspecified atom stereocenters. The van der Waals surface area contributed by atoms with Gasteiger partial charge in [0.25, 0.3) is 0 Å². The van der Waals surface area contributed by atoms with Crippen LogP contribution in [0.5, 0.6) is 0 Å². The highest BCUT2D eigenvalue weighted by Gasteiger charge is 2.35. The van der Waals surface area contributed by atoms with Crippen LogP contribution >= 0.6 is 11.6 Å². The topological polar surface area (TPSA) is 60.2 Å². The summed E-state index contributed by atoms with van der Waals surface area (Å²) in [4.78, 5) is 13.1. The van der Waals surface area contributed by atoms with E-state index in [4.69, 9.17) is 16.1 Å². The molecule has 0 spiro atoms. The van der Waals surface area contributed by atoms with Crippen molar-refractivity contribution in [2.75, 3.05) is 0 Å². The molecule has 0 saturated heterocycles. The Bertz CT molecular complexity index is 1100. The van der Waals surface area contributed by atoms with Gasteiger partial charge in [0.1, 0.15) is 6.26 Å². The van der Waals surface area contributed by atoms with Crippen LogP contribution in [0.3, 0.4) is 0 Å². The average Bonchev–Trinajstić information content (AvgIpc) is 3.42. The van der Waals surface area contributed by atoms with E-state index >= 15 is 0 Å². The number of halogens is 4. The normalized spacial score (nSPS) is 15.3. The first-order valence-corrected chi connectivity index (χ1v) is 10.2. The highest BCUT2D eigenvalue weighted by molar-refractivity contribution is 7.85. The van der Waals surface area contributed by atoms with Crippen molar-refractivity contribution >= 4 is 28.2 Å². The number of ketones is 1. The first-order valence-electron chi connectivity index (χ1n) is 8.63. The Morgan fingerprint density at radius 3 is 2.41 bits per heavy atom. The van der Waals surface area contributed by atoms with Crippen molar-refractivity contribution in [1.82, 2.24) is 5.16 Å². The number of aromatic nitrogens is 1. The van der Waals surface area contributed by atoms with Gasteiger partial charge in [-0.2, -0.15) is 13.2 Å². The van der Waals surface area contributed by atoms with E-state index in [1.807, 2.05) is 0 Å². The molecule has 0 bridgehead atoms. The molecule has 2 aromatic carbocycles.